The van der Waals surface area contributed by atoms with Crippen molar-refractivity contribution >= 4 is 85.4 Å². The summed E-state index contributed by atoms with van der Waals surface area (Å²) < 4.78 is -1.87. The molecule has 0 radical (unpaired) electrons. The molecule has 0 fully saturated rings. The van der Waals surface area contributed by atoms with Crippen LogP contribution in [0.4, 0.5) is 0 Å². The molecule has 0 saturated carbocycles. The summed E-state index contributed by atoms with van der Waals surface area (Å²) in [5.74, 6) is -0.138. The van der Waals surface area contributed by atoms with Crippen molar-refractivity contribution < 1.29 is 4.79 Å². The number of benzene rings is 1. The van der Waals surface area contributed by atoms with Crippen molar-refractivity contribution in [1.82, 2.24) is 0 Å². The SMILES string of the molecule is O=C(C(Br)(Br)Br)C(Br)(Br)c1ccccc1. The van der Waals surface area contributed by atoms with Gasteiger partial charge < -0.3 is 0 Å². The van der Waals surface area contributed by atoms with Gasteiger partial charge in [0.2, 0.25) is 5.78 Å². The van der Waals surface area contributed by atoms with E-state index in [0.29, 0.717) is 0 Å². The first-order valence-electron chi connectivity index (χ1n) is 3.81. The molecule has 0 saturated heterocycles. The van der Waals surface area contributed by atoms with Crippen molar-refractivity contribution in [3.8, 4) is 0 Å². The van der Waals surface area contributed by atoms with Crippen molar-refractivity contribution in [2.45, 2.75) is 5.38 Å². The zero-order chi connectivity index (χ0) is 11.7. The van der Waals surface area contributed by atoms with Gasteiger partial charge in [0.25, 0.3) is 0 Å². The normalized spacial score (nSPS) is 12.6. The van der Waals surface area contributed by atoms with Gasteiger partial charge in [-0.2, -0.15) is 0 Å². The summed E-state index contributed by atoms with van der Waals surface area (Å²) in [6.45, 7) is 0. The fourth-order valence-corrected chi connectivity index (χ4v) is 4.57. The maximum atomic E-state index is 12.1. The summed E-state index contributed by atoms with van der Waals surface area (Å²) in [5, 5.41) is 0. The van der Waals surface area contributed by atoms with E-state index in [1.54, 1.807) is 0 Å². The number of carbonyl (C=O) groups excluding carboxylic acids is 1. The highest BCUT2D eigenvalue weighted by atomic mass is 80.0. The van der Waals surface area contributed by atoms with Crippen molar-refractivity contribution in [3.05, 3.63) is 35.9 Å². The number of hydrogen-bond donors (Lipinski definition) is 0. The van der Waals surface area contributed by atoms with E-state index < -0.39 is 5.38 Å². The second-order valence-corrected chi connectivity index (χ2v) is 13.0. The largest absolute Gasteiger partial charge is 0.293 e. The molecule has 82 valence electrons. The Morgan fingerprint density at radius 3 is 1.80 bits per heavy atom. The van der Waals surface area contributed by atoms with E-state index in [4.69, 9.17) is 0 Å². The van der Waals surface area contributed by atoms with E-state index in [2.05, 4.69) is 79.6 Å². The summed E-state index contributed by atoms with van der Waals surface area (Å²) in [6, 6.07) is 9.37. The van der Waals surface area contributed by atoms with Crippen molar-refractivity contribution in [2.75, 3.05) is 0 Å². The molecule has 15 heavy (non-hydrogen) atoms. The predicted molar refractivity (Wildman–Crippen MR) is 80.5 cm³/mol. The van der Waals surface area contributed by atoms with E-state index in [0.717, 1.165) is 5.56 Å². The van der Waals surface area contributed by atoms with E-state index in [9.17, 15) is 4.79 Å². The van der Waals surface area contributed by atoms with Crippen LogP contribution in [0.2, 0.25) is 0 Å². The van der Waals surface area contributed by atoms with Gasteiger partial charge in [-0.15, -0.1) is 0 Å². The molecule has 0 bridgehead atoms. The van der Waals surface area contributed by atoms with Crippen LogP contribution in [0.5, 0.6) is 0 Å². The lowest BCUT2D eigenvalue weighted by Crippen LogP contribution is -2.32. The maximum Gasteiger partial charge on any atom is 0.202 e. The van der Waals surface area contributed by atoms with Gasteiger partial charge in [0.05, 0.1) is 0 Å². The summed E-state index contributed by atoms with van der Waals surface area (Å²) in [4.78, 5) is 12.1. The highest BCUT2D eigenvalue weighted by molar-refractivity contribution is 9.40. The van der Waals surface area contributed by atoms with Gasteiger partial charge in [-0.05, 0) is 5.56 Å². The predicted octanol–water partition coefficient (Wildman–Crippen LogP) is 5.04. The molecule has 0 unspecified atom stereocenters. The number of hydrogen-bond acceptors (Lipinski definition) is 1. The minimum atomic E-state index is -0.949. The van der Waals surface area contributed by atoms with Gasteiger partial charge in [0.1, 0.15) is 0 Å². The summed E-state index contributed by atoms with van der Waals surface area (Å²) in [5.41, 5.74) is 0.831. The van der Waals surface area contributed by atoms with Crippen LogP contribution in [0.1, 0.15) is 5.56 Å². The third-order valence-corrected chi connectivity index (χ3v) is 4.40. The standard InChI is InChI=1S/C9H5Br5O/c10-8(11,7(15)9(12,13)14)6-4-2-1-3-5-6/h1-5H. The molecule has 0 spiro atoms. The molecule has 1 aromatic carbocycles. The van der Waals surface area contributed by atoms with Gasteiger partial charge in [0, 0.05) is 0 Å². The van der Waals surface area contributed by atoms with Gasteiger partial charge >= 0.3 is 0 Å². The quantitative estimate of drug-likeness (QED) is 0.492. The van der Waals surface area contributed by atoms with E-state index in [-0.39, 0.29) is 5.78 Å². The molecular formula is C9H5Br5O. The lowest BCUT2D eigenvalue weighted by molar-refractivity contribution is -0.117. The van der Waals surface area contributed by atoms with Crippen LogP contribution in [-0.2, 0) is 8.03 Å². The molecule has 0 heterocycles. The van der Waals surface area contributed by atoms with Gasteiger partial charge in [-0.3, -0.25) is 4.79 Å². The van der Waals surface area contributed by atoms with Crippen LogP contribution in [-0.4, -0.2) is 7.93 Å². The molecule has 0 aliphatic carbocycles. The molecule has 0 N–H and O–H groups in total. The molecule has 1 aromatic rings. The Labute approximate surface area is 130 Å². The lowest BCUT2D eigenvalue weighted by atomic mass is 10.1. The average molecular weight is 529 g/mol. The first-order chi connectivity index (χ1) is 6.76. The highest BCUT2D eigenvalue weighted by Crippen LogP contribution is 2.48. The number of carbonyl (C=O) groups is 1. The van der Waals surface area contributed by atoms with Crippen molar-refractivity contribution in [1.29, 1.82) is 0 Å². The Bertz CT molecular complexity index is 355. The molecule has 1 rings (SSSR count). The molecule has 6 heteroatoms. The summed E-state index contributed by atoms with van der Waals surface area (Å²) in [7, 11) is 0. The number of Topliss-reactive ketones (excluding diaryl/α,β-unsaturated/α-hetero) is 1. The Hall–Kier alpha value is 1.29. The smallest absolute Gasteiger partial charge is 0.202 e. The van der Waals surface area contributed by atoms with Gasteiger partial charge in [-0.25, -0.2) is 0 Å². The molecule has 0 aromatic heterocycles. The average Bonchev–Trinajstić information content (AvgIpc) is 2.16. The molecule has 0 amide bonds. The minimum Gasteiger partial charge on any atom is -0.293 e. The number of ketones is 1. The third-order valence-electron chi connectivity index (χ3n) is 1.68. The van der Waals surface area contributed by atoms with Crippen LogP contribution in [0.25, 0.3) is 0 Å². The lowest BCUT2D eigenvalue weighted by Gasteiger charge is -2.24. The highest BCUT2D eigenvalue weighted by Gasteiger charge is 2.44. The third kappa shape index (κ3) is 3.63. The second-order valence-electron chi connectivity index (χ2n) is 2.77. The fraction of sp³-hybridized carbons (Fsp3) is 0.222. The zero-order valence-electron chi connectivity index (χ0n) is 7.18. The Kier molecular flexibility index (Phi) is 5.06. The molecule has 1 nitrogen and oxygen atoms in total. The first-order valence-corrected chi connectivity index (χ1v) is 7.77. The number of halogens is 5. The summed E-state index contributed by atoms with van der Waals surface area (Å²) >= 11 is 16.3. The topological polar surface area (TPSA) is 17.1 Å². The maximum absolute atomic E-state index is 12.1. The monoisotopic (exact) mass is 524 g/mol. The van der Waals surface area contributed by atoms with Crippen LogP contribution in [0.3, 0.4) is 0 Å². The Morgan fingerprint density at radius 2 is 1.40 bits per heavy atom. The van der Waals surface area contributed by atoms with E-state index in [1.807, 2.05) is 30.3 Å². The van der Waals surface area contributed by atoms with E-state index in [1.165, 1.54) is 0 Å². The molecule has 0 aliphatic heterocycles. The van der Waals surface area contributed by atoms with Crippen LogP contribution in [0, 0.1) is 0 Å². The molecule has 0 atom stereocenters. The second kappa shape index (κ2) is 5.29. The molecular weight excluding hydrogens is 524 g/mol. The first kappa shape index (κ1) is 14.4. The fourth-order valence-electron chi connectivity index (χ4n) is 0.957. The van der Waals surface area contributed by atoms with Gasteiger partial charge in [-0.1, -0.05) is 110 Å². The Morgan fingerprint density at radius 1 is 0.933 bits per heavy atom. The van der Waals surface area contributed by atoms with Crippen molar-refractivity contribution in [2.24, 2.45) is 0 Å². The summed E-state index contributed by atoms with van der Waals surface area (Å²) in [6.07, 6.45) is 0. The van der Waals surface area contributed by atoms with Crippen molar-refractivity contribution in [3.63, 3.8) is 0 Å². The number of alkyl halides is 5. The van der Waals surface area contributed by atoms with E-state index >= 15 is 0 Å². The van der Waals surface area contributed by atoms with Crippen LogP contribution in [0.15, 0.2) is 30.3 Å². The number of rotatable bonds is 2. The van der Waals surface area contributed by atoms with Crippen LogP contribution >= 0.6 is 79.6 Å². The van der Waals surface area contributed by atoms with Gasteiger partial charge in [0.15, 0.2) is 5.38 Å². The Balaban J connectivity index is 3.09. The minimum absolute atomic E-state index is 0.138. The van der Waals surface area contributed by atoms with Crippen LogP contribution < -0.4 is 0 Å². The zero-order valence-corrected chi connectivity index (χ0v) is 15.1. The molecule has 0 aliphatic rings.